The maximum absolute atomic E-state index is 9.65. The number of phenolic OH excluding ortho intramolecular Hbond substituents is 1. The van der Waals surface area contributed by atoms with Crippen molar-refractivity contribution in [1.29, 1.82) is 0 Å². The number of benzene rings is 1. The molecule has 0 fully saturated rings. The molecule has 1 aromatic heterocycles. The lowest BCUT2D eigenvalue weighted by atomic mass is 10.1. The van der Waals surface area contributed by atoms with Gasteiger partial charge in [0, 0.05) is 11.6 Å². The number of para-hydroxylation sites is 1. The van der Waals surface area contributed by atoms with Crippen LogP contribution >= 0.6 is 0 Å². The Bertz CT molecular complexity index is 469. The van der Waals surface area contributed by atoms with Crippen molar-refractivity contribution >= 4 is 0 Å². The number of ether oxygens (including phenoxy) is 1. The van der Waals surface area contributed by atoms with Crippen LogP contribution < -0.4 is 4.74 Å². The van der Waals surface area contributed by atoms with E-state index in [-0.39, 0.29) is 5.75 Å². The van der Waals surface area contributed by atoms with Crippen LogP contribution in [-0.2, 0) is 0 Å². The highest BCUT2D eigenvalue weighted by Crippen LogP contribution is 2.27. The Morgan fingerprint density at radius 1 is 1.00 bits per heavy atom. The van der Waals surface area contributed by atoms with E-state index >= 15 is 0 Å². The molecule has 17 heavy (non-hydrogen) atoms. The Hall–Kier alpha value is -2.03. The van der Waals surface area contributed by atoms with Gasteiger partial charge in [-0.05, 0) is 18.2 Å². The molecule has 0 aliphatic carbocycles. The van der Waals surface area contributed by atoms with Crippen LogP contribution in [0.5, 0.6) is 11.6 Å². The molecule has 0 aliphatic heterocycles. The van der Waals surface area contributed by atoms with Crippen LogP contribution in [0.15, 0.2) is 42.5 Å². The first-order valence-corrected chi connectivity index (χ1v) is 5.60. The first kappa shape index (κ1) is 13.0. The summed E-state index contributed by atoms with van der Waals surface area (Å²) in [6.45, 7) is 4.00. The zero-order chi connectivity index (χ0) is 12.7. The molecule has 0 aliphatic rings. The Morgan fingerprint density at radius 2 is 1.71 bits per heavy atom. The summed E-state index contributed by atoms with van der Waals surface area (Å²) < 4.78 is 5.02. The Morgan fingerprint density at radius 3 is 2.35 bits per heavy atom. The predicted molar refractivity (Wildman–Crippen MR) is 69.2 cm³/mol. The third-order valence-electron chi connectivity index (χ3n) is 2.11. The Kier molecular flexibility index (Phi) is 5.01. The van der Waals surface area contributed by atoms with Crippen molar-refractivity contribution in [3.8, 4) is 22.9 Å². The normalized spacial score (nSPS) is 9.12. The van der Waals surface area contributed by atoms with Gasteiger partial charge in [0.15, 0.2) is 0 Å². The van der Waals surface area contributed by atoms with Crippen LogP contribution in [-0.4, -0.2) is 17.2 Å². The molecule has 1 heterocycles. The Balaban J connectivity index is 0.000000686. The SMILES string of the molecule is CC.COc1cccc(-c2ccccc2O)n1. The number of aromatic hydroxyl groups is 1. The molecule has 2 aromatic rings. The van der Waals surface area contributed by atoms with Gasteiger partial charge in [-0.3, -0.25) is 0 Å². The number of rotatable bonds is 2. The van der Waals surface area contributed by atoms with E-state index in [9.17, 15) is 5.11 Å². The number of methoxy groups -OCH3 is 1. The lowest BCUT2D eigenvalue weighted by Gasteiger charge is -2.04. The van der Waals surface area contributed by atoms with E-state index in [1.165, 1.54) is 0 Å². The number of hydrogen-bond donors (Lipinski definition) is 1. The molecular weight excluding hydrogens is 214 g/mol. The fourth-order valence-corrected chi connectivity index (χ4v) is 1.37. The molecule has 0 unspecified atom stereocenters. The second kappa shape index (κ2) is 6.53. The zero-order valence-electron chi connectivity index (χ0n) is 10.3. The minimum absolute atomic E-state index is 0.221. The third kappa shape index (κ3) is 3.21. The van der Waals surface area contributed by atoms with E-state index in [4.69, 9.17) is 4.74 Å². The molecule has 0 radical (unpaired) electrons. The second-order valence-corrected chi connectivity index (χ2v) is 3.08. The summed E-state index contributed by atoms with van der Waals surface area (Å²) in [5, 5.41) is 9.65. The molecule has 3 nitrogen and oxygen atoms in total. The molecular formula is C14H17NO2. The summed E-state index contributed by atoms with van der Waals surface area (Å²) in [4.78, 5) is 4.24. The Labute approximate surface area is 102 Å². The first-order valence-electron chi connectivity index (χ1n) is 5.60. The van der Waals surface area contributed by atoms with E-state index in [0.717, 1.165) is 0 Å². The van der Waals surface area contributed by atoms with Crippen molar-refractivity contribution in [3.63, 3.8) is 0 Å². The van der Waals surface area contributed by atoms with Crippen LogP contribution in [0, 0.1) is 0 Å². The first-order chi connectivity index (χ1) is 8.31. The smallest absolute Gasteiger partial charge is 0.213 e. The topological polar surface area (TPSA) is 42.4 Å². The minimum atomic E-state index is 0.221. The van der Waals surface area contributed by atoms with Crippen LogP contribution in [0.3, 0.4) is 0 Å². The average molecular weight is 231 g/mol. The highest BCUT2D eigenvalue weighted by atomic mass is 16.5. The summed E-state index contributed by atoms with van der Waals surface area (Å²) in [7, 11) is 1.57. The molecule has 0 saturated carbocycles. The lowest BCUT2D eigenvalue weighted by Crippen LogP contribution is -1.89. The number of hydrogen-bond acceptors (Lipinski definition) is 3. The number of pyridine rings is 1. The van der Waals surface area contributed by atoms with Gasteiger partial charge in [0.25, 0.3) is 0 Å². The number of aromatic nitrogens is 1. The predicted octanol–water partition coefficient (Wildman–Crippen LogP) is 3.49. The van der Waals surface area contributed by atoms with Gasteiger partial charge in [0.1, 0.15) is 5.75 Å². The highest BCUT2D eigenvalue weighted by molar-refractivity contribution is 5.66. The largest absolute Gasteiger partial charge is 0.507 e. The van der Waals surface area contributed by atoms with Crippen LogP contribution in [0.1, 0.15) is 13.8 Å². The van der Waals surface area contributed by atoms with Crippen molar-refractivity contribution in [2.24, 2.45) is 0 Å². The van der Waals surface area contributed by atoms with Crippen molar-refractivity contribution in [3.05, 3.63) is 42.5 Å². The number of nitrogens with zero attached hydrogens (tertiary/aromatic N) is 1. The fraction of sp³-hybridized carbons (Fsp3) is 0.214. The standard InChI is InChI=1S/C12H11NO2.C2H6/c1-15-12-8-4-6-10(13-12)9-5-2-3-7-11(9)14;1-2/h2-8,14H,1H3;1-2H3. The maximum Gasteiger partial charge on any atom is 0.213 e. The van der Waals surface area contributed by atoms with Crippen LogP contribution in [0.2, 0.25) is 0 Å². The monoisotopic (exact) mass is 231 g/mol. The lowest BCUT2D eigenvalue weighted by molar-refractivity contribution is 0.398. The summed E-state index contributed by atoms with van der Waals surface area (Å²) in [5.41, 5.74) is 1.41. The zero-order valence-corrected chi connectivity index (χ0v) is 10.3. The molecule has 0 atom stereocenters. The van der Waals surface area contributed by atoms with E-state index in [0.29, 0.717) is 17.1 Å². The van der Waals surface area contributed by atoms with E-state index < -0.39 is 0 Å². The van der Waals surface area contributed by atoms with Gasteiger partial charge in [0.05, 0.1) is 12.8 Å². The summed E-state index contributed by atoms with van der Waals surface area (Å²) in [6.07, 6.45) is 0. The molecule has 90 valence electrons. The van der Waals surface area contributed by atoms with Gasteiger partial charge in [-0.25, -0.2) is 4.98 Å². The van der Waals surface area contributed by atoms with Gasteiger partial charge < -0.3 is 9.84 Å². The van der Waals surface area contributed by atoms with E-state index in [1.807, 2.05) is 38.1 Å². The fourth-order valence-electron chi connectivity index (χ4n) is 1.37. The second-order valence-electron chi connectivity index (χ2n) is 3.08. The van der Waals surface area contributed by atoms with Crippen molar-refractivity contribution in [2.75, 3.05) is 7.11 Å². The van der Waals surface area contributed by atoms with E-state index in [2.05, 4.69) is 4.98 Å². The summed E-state index contributed by atoms with van der Waals surface area (Å²) >= 11 is 0. The van der Waals surface area contributed by atoms with Gasteiger partial charge in [-0.15, -0.1) is 0 Å². The van der Waals surface area contributed by atoms with Crippen LogP contribution in [0.25, 0.3) is 11.3 Å². The van der Waals surface area contributed by atoms with Crippen molar-refractivity contribution in [2.45, 2.75) is 13.8 Å². The summed E-state index contributed by atoms with van der Waals surface area (Å²) in [5.74, 6) is 0.758. The quantitative estimate of drug-likeness (QED) is 0.860. The van der Waals surface area contributed by atoms with Gasteiger partial charge in [-0.2, -0.15) is 0 Å². The molecule has 1 aromatic carbocycles. The summed E-state index contributed by atoms with van der Waals surface area (Å²) in [6, 6.07) is 12.5. The molecule has 0 spiro atoms. The van der Waals surface area contributed by atoms with Gasteiger partial charge in [-0.1, -0.05) is 32.0 Å². The van der Waals surface area contributed by atoms with Crippen LogP contribution in [0.4, 0.5) is 0 Å². The maximum atomic E-state index is 9.65. The minimum Gasteiger partial charge on any atom is -0.507 e. The van der Waals surface area contributed by atoms with Gasteiger partial charge in [0.2, 0.25) is 5.88 Å². The molecule has 2 rings (SSSR count). The molecule has 3 heteroatoms. The highest BCUT2D eigenvalue weighted by Gasteiger charge is 2.04. The van der Waals surface area contributed by atoms with Gasteiger partial charge >= 0.3 is 0 Å². The number of phenols is 1. The van der Waals surface area contributed by atoms with Crippen molar-refractivity contribution in [1.82, 2.24) is 4.98 Å². The molecule has 0 saturated heterocycles. The molecule has 1 N–H and O–H groups in total. The molecule has 0 amide bonds. The molecule has 0 bridgehead atoms. The average Bonchev–Trinajstić information content (AvgIpc) is 2.42. The van der Waals surface area contributed by atoms with E-state index in [1.54, 1.807) is 25.3 Å². The van der Waals surface area contributed by atoms with Crippen molar-refractivity contribution < 1.29 is 9.84 Å². The third-order valence-corrected chi connectivity index (χ3v) is 2.11.